The van der Waals surface area contributed by atoms with Crippen molar-refractivity contribution >= 4 is 23.6 Å². The standard InChI is InChI=1S/C36H46F6N6O4/c1-7-22(20-46(6)43)23-17-44-32(45-18-23)47(19-21-10-25(35(37,38)39)12-26(11-21)36(40,41)42)29-15-27(8-2)48(28(9-3)16-29)33(51)52-30-13-24(14-30)34(4,5)31(49)50/h7,10-12,17-18,20,24,27-30H,1,8-9,13-16,19,43H2,2-6H3,(H,49,50)/b22-20+/t24-,27-,28+,29+,30-. The van der Waals surface area contributed by atoms with Gasteiger partial charge < -0.3 is 24.7 Å². The molecule has 16 heteroatoms. The van der Waals surface area contributed by atoms with E-state index < -0.39 is 65.2 Å². The number of hydrogen-bond acceptors (Lipinski definition) is 8. The van der Waals surface area contributed by atoms with Crippen molar-refractivity contribution in [2.45, 2.75) is 109 Å². The number of allylic oxidation sites excluding steroid dienone is 2. The molecule has 2 aliphatic rings. The average Bonchev–Trinajstić information content (AvgIpc) is 3.05. The van der Waals surface area contributed by atoms with Gasteiger partial charge in [-0.15, -0.1) is 0 Å². The lowest BCUT2D eigenvalue weighted by Gasteiger charge is -2.49. The Morgan fingerprint density at radius 1 is 0.981 bits per heavy atom. The molecule has 2 fully saturated rings. The maximum Gasteiger partial charge on any atom is 0.416 e. The molecule has 1 aliphatic carbocycles. The van der Waals surface area contributed by atoms with Crippen LogP contribution in [-0.4, -0.2) is 68.3 Å². The number of likely N-dealkylation sites (tertiary alicyclic amines) is 1. The van der Waals surface area contributed by atoms with Gasteiger partial charge in [0.05, 0.1) is 16.5 Å². The summed E-state index contributed by atoms with van der Waals surface area (Å²) in [5, 5.41) is 10.9. The maximum atomic E-state index is 13.8. The molecule has 0 radical (unpaired) electrons. The largest absolute Gasteiger partial charge is 0.481 e. The fourth-order valence-electron chi connectivity index (χ4n) is 6.91. The second kappa shape index (κ2) is 15.7. The lowest BCUT2D eigenvalue weighted by Crippen LogP contribution is -2.58. The summed E-state index contributed by atoms with van der Waals surface area (Å²) in [5.41, 5.74) is -2.97. The SMILES string of the molecule is C=C/C(=C\N(C)N)c1cnc(N(Cc2cc(C(F)(F)F)cc(C(F)(F)F)c2)[C@H]2C[C@@H](CC)N(C(=O)O[C@H]3C[C@H](C(C)(C)C(=O)O)C3)[C@@H](CC)C2)nc1. The van der Waals surface area contributed by atoms with E-state index in [4.69, 9.17) is 10.6 Å². The lowest BCUT2D eigenvalue weighted by atomic mass is 9.66. The second-order valence-electron chi connectivity index (χ2n) is 14.1. The number of alkyl halides is 6. The summed E-state index contributed by atoms with van der Waals surface area (Å²) in [7, 11) is 1.60. The fraction of sp³-hybridized carbons (Fsp3) is 0.556. The Labute approximate surface area is 299 Å². The number of nitrogens with two attached hydrogens (primary N) is 1. The van der Waals surface area contributed by atoms with Crippen LogP contribution in [0.3, 0.4) is 0 Å². The molecule has 2 aromatic rings. The number of hydrazine groups is 1. The van der Waals surface area contributed by atoms with Crippen LogP contribution in [0.2, 0.25) is 0 Å². The van der Waals surface area contributed by atoms with Crippen molar-refractivity contribution in [1.29, 1.82) is 0 Å². The quantitative estimate of drug-likeness (QED) is 0.0967. The third kappa shape index (κ3) is 9.17. The molecule has 1 aromatic carbocycles. The van der Waals surface area contributed by atoms with Crippen LogP contribution in [-0.2, 0) is 28.4 Å². The molecule has 3 atom stereocenters. The Hall–Kier alpha value is -4.34. The zero-order valence-corrected chi connectivity index (χ0v) is 29.8. The molecule has 2 heterocycles. The van der Waals surface area contributed by atoms with Crippen molar-refractivity contribution in [3.05, 3.63) is 71.7 Å². The number of rotatable bonds is 12. The highest BCUT2D eigenvalue weighted by atomic mass is 19.4. The van der Waals surface area contributed by atoms with E-state index in [1.54, 1.807) is 36.9 Å². The highest BCUT2D eigenvalue weighted by molar-refractivity contribution is 5.74. The van der Waals surface area contributed by atoms with Crippen molar-refractivity contribution < 1.29 is 45.8 Å². The van der Waals surface area contributed by atoms with Crippen LogP contribution in [0.5, 0.6) is 0 Å². The Morgan fingerprint density at radius 3 is 1.92 bits per heavy atom. The van der Waals surface area contributed by atoms with E-state index in [0.29, 0.717) is 61.8 Å². The minimum atomic E-state index is -5.03. The summed E-state index contributed by atoms with van der Waals surface area (Å²) in [5.74, 6) is 4.75. The third-order valence-electron chi connectivity index (χ3n) is 10.2. The normalized spacial score (nSPS) is 22.7. The van der Waals surface area contributed by atoms with Crippen LogP contribution in [0, 0.1) is 11.3 Å². The van der Waals surface area contributed by atoms with Crippen LogP contribution in [0.15, 0.2) is 49.4 Å². The second-order valence-corrected chi connectivity index (χ2v) is 14.1. The first-order chi connectivity index (χ1) is 24.2. The predicted molar refractivity (Wildman–Crippen MR) is 182 cm³/mol. The molecule has 52 heavy (non-hydrogen) atoms. The van der Waals surface area contributed by atoms with Crippen LogP contribution in [0.4, 0.5) is 37.1 Å². The van der Waals surface area contributed by atoms with Crippen LogP contribution < -0.4 is 10.7 Å². The molecule has 0 spiro atoms. The molecule has 1 saturated carbocycles. The number of anilines is 1. The molecule has 286 valence electrons. The molecule has 3 N–H and O–H groups in total. The van der Waals surface area contributed by atoms with Crippen LogP contribution in [0.25, 0.3) is 5.57 Å². The predicted octanol–water partition coefficient (Wildman–Crippen LogP) is 7.90. The number of aromatic nitrogens is 2. The van der Waals surface area contributed by atoms with Gasteiger partial charge in [-0.05, 0) is 82.1 Å². The van der Waals surface area contributed by atoms with Crippen LogP contribution in [0.1, 0.15) is 88.5 Å². The third-order valence-corrected chi connectivity index (χ3v) is 10.2. The van der Waals surface area contributed by atoms with E-state index in [9.17, 15) is 41.0 Å². The highest BCUT2D eigenvalue weighted by Gasteiger charge is 2.48. The van der Waals surface area contributed by atoms with Gasteiger partial charge in [-0.3, -0.25) is 4.79 Å². The number of piperidine rings is 1. The Kier molecular flexibility index (Phi) is 12.2. The topological polar surface area (TPSA) is 125 Å². The van der Waals surface area contributed by atoms with Crippen molar-refractivity contribution in [2.75, 3.05) is 11.9 Å². The highest BCUT2D eigenvalue weighted by Crippen LogP contribution is 2.44. The van der Waals surface area contributed by atoms with Crippen LogP contribution >= 0.6 is 0 Å². The number of ether oxygens (including phenoxy) is 1. The summed E-state index contributed by atoms with van der Waals surface area (Å²) < 4.78 is 88.9. The van der Waals surface area contributed by atoms with Gasteiger partial charge in [-0.1, -0.05) is 26.5 Å². The number of benzene rings is 1. The monoisotopic (exact) mass is 740 g/mol. The van der Waals surface area contributed by atoms with Gasteiger partial charge >= 0.3 is 24.4 Å². The number of halogens is 6. The number of amides is 1. The first-order valence-electron chi connectivity index (χ1n) is 17.1. The van der Waals surface area contributed by atoms with Crippen molar-refractivity contribution in [3.63, 3.8) is 0 Å². The van der Waals surface area contributed by atoms with Crippen molar-refractivity contribution in [3.8, 4) is 0 Å². The first-order valence-corrected chi connectivity index (χ1v) is 17.1. The van der Waals surface area contributed by atoms with Gasteiger partial charge in [0.15, 0.2) is 0 Å². The summed E-state index contributed by atoms with van der Waals surface area (Å²) in [6.07, 6.45) is -2.60. The molecule has 1 aromatic heterocycles. The number of nitrogens with zero attached hydrogens (tertiary/aromatic N) is 5. The van der Waals surface area contributed by atoms with Crippen molar-refractivity contribution in [1.82, 2.24) is 19.9 Å². The van der Waals surface area contributed by atoms with E-state index in [1.807, 2.05) is 13.8 Å². The lowest BCUT2D eigenvalue weighted by molar-refractivity contribution is -0.155. The molecule has 1 aliphatic heterocycles. The molecule has 1 saturated heterocycles. The summed E-state index contributed by atoms with van der Waals surface area (Å²) >= 11 is 0. The number of carbonyl (C=O) groups is 2. The van der Waals surface area contributed by atoms with E-state index >= 15 is 0 Å². The molecule has 1 amide bonds. The van der Waals surface area contributed by atoms with E-state index in [-0.39, 0.29) is 30.0 Å². The van der Waals surface area contributed by atoms with Gasteiger partial charge in [0.1, 0.15) is 6.10 Å². The van der Waals surface area contributed by atoms with Gasteiger partial charge in [0.2, 0.25) is 5.95 Å². The average molecular weight is 741 g/mol. The maximum absolute atomic E-state index is 13.8. The number of carboxylic acids is 1. The van der Waals surface area contributed by atoms with Gasteiger partial charge in [-0.25, -0.2) is 20.6 Å². The minimum absolute atomic E-state index is 0.0755. The zero-order valence-electron chi connectivity index (χ0n) is 29.8. The number of aliphatic carboxylic acids is 1. The molecular formula is C36H46F6N6O4. The van der Waals surface area contributed by atoms with E-state index in [1.165, 1.54) is 23.5 Å². The Balaban J connectivity index is 1.68. The van der Waals surface area contributed by atoms with E-state index in [2.05, 4.69) is 16.5 Å². The smallest absolute Gasteiger partial charge is 0.416 e. The number of carbonyl (C=O) groups excluding carboxylic acids is 1. The van der Waals surface area contributed by atoms with Gasteiger partial charge in [0.25, 0.3) is 0 Å². The zero-order chi connectivity index (χ0) is 38.8. The van der Waals surface area contributed by atoms with Gasteiger partial charge in [0, 0.05) is 61.4 Å². The van der Waals surface area contributed by atoms with E-state index in [0.717, 1.165) is 0 Å². The molecule has 4 rings (SSSR count). The molecule has 0 bridgehead atoms. The molecule has 10 nitrogen and oxygen atoms in total. The Morgan fingerprint density at radius 2 is 1.50 bits per heavy atom. The first kappa shape index (κ1) is 40.4. The summed E-state index contributed by atoms with van der Waals surface area (Å²) in [4.78, 5) is 37.6. The minimum Gasteiger partial charge on any atom is -0.481 e. The fourth-order valence-corrected chi connectivity index (χ4v) is 6.91. The molecular weight excluding hydrogens is 694 g/mol. The van der Waals surface area contributed by atoms with Gasteiger partial charge in [-0.2, -0.15) is 26.3 Å². The number of hydrogen-bond donors (Lipinski definition) is 2. The summed E-state index contributed by atoms with van der Waals surface area (Å²) in [6.45, 7) is 10.4. The van der Waals surface area contributed by atoms with Crippen molar-refractivity contribution in [2.24, 2.45) is 17.2 Å². The Bertz CT molecular complexity index is 1580. The summed E-state index contributed by atoms with van der Waals surface area (Å²) in [6, 6.07) is 0.200. The molecule has 0 unspecified atom stereocenters. The number of carboxylic acid groups (broad SMARTS) is 1.